The molecule has 1 fully saturated rings. The second-order valence-electron chi connectivity index (χ2n) is 6.01. The van der Waals surface area contributed by atoms with Crippen molar-refractivity contribution in [1.29, 1.82) is 0 Å². The fourth-order valence-corrected chi connectivity index (χ4v) is 2.90. The molecule has 26 heavy (non-hydrogen) atoms. The normalized spacial score (nSPS) is 17.3. The summed E-state index contributed by atoms with van der Waals surface area (Å²) in [4.78, 5) is 10.6. The predicted molar refractivity (Wildman–Crippen MR) is 85.5 cm³/mol. The van der Waals surface area contributed by atoms with Gasteiger partial charge < -0.3 is 9.47 Å². The zero-order valence-corrected chi connectivity index (χ0v) is 13.7. The fourth-order valence-electron chi connectivity index (χ4n) is 2.90. The fraction of sp³-hybridized carbons (Fsp3) is 0.316. The SMILES string of the molecule is O=Cc1ccc(OCc2ccc(C3CCCO3)c(C(F)(F)F)c2)cc1F. The summed E-state index contributed by atoms with van der Waals surface area (Å²) in [6.45, 7) is 0.296. The Morgan fingerprint density at radius 2 is 2.00 bits per heavy atom. The second kappa shape index (κ2) is 7.45. The van der Waals surface area contributed by atoms with Crippen LogP contribution in [0.1, 0.15) is 46.0 Å². The molecule has 3 rings (SSSR count). The monoisotopic (exact) mass is 368 g/mol. The van der Waals surface area contributed by atoms with Crippen molar-refractivity contribution in [3.8, 4) is 5.75 Å². The number of benzene rings is 2. The van der Waals surface area contributed by atoms with Crippen molar-refractivity contribution in [3.05, 3.63) is 64.5 Å². The number of alkyl halides is 3. The Morgan fingerprint density at radius 3 is 2.62 bits per heavy atom. The summed E-state index contributed by atoms with van der Waals surface area (Å²) in [7, 11) is 0. The third kappa shape index (κ3) is 4.04. The van der Waals surface area contributed by atoms with Crippen LogP contribution in [0, 0.1) is 5.82 Å². The number of carbonyl (C=O) groups is 1. The number of hydrogen-bond donors (Lipinski definition) is 0. The molecule has 1 unspecified atom stereocenters. The van der Waals surface area contributed by atoms with Crippen molar-refractivity contribution < 1.29 is 31.8 Å². The second-order valence-corrected chi connectivity index (χ2v) is 6.01. The van der Waals surface area contributed by atoms with Crippen LogP contribution in [0.4, 0.5) is 17.6 Å². The van der Waals surface area contributed by atoms with Gasteiger partial charge in [0.1, 0.15) is 18.2 Å². The summed E-state index contributed by atoms with van der Waals surface area (Å²) >= 11 is 0. The van der Waals surface area contributed by atoms with E-state index in [4.69, 9.17) is 9.47 Å². The average molecular weight is 368 g/mol. The maximum absolute atomic E-state index is 13.5. The van der Waals surface area contributed by atoms with Crippen LogP contribution in [0.2, 0.25) is 0 Å². The van der Waals surface area contributed by atoms with E-state index in [-0.39, 0.29) is 23.5 Å². The third-order valence-corrected chi connectivity index (χ3v) is 4.20. The lowest BCUT2D eigenvalue weighted by Gasteiger charge is -2.18. The molecule has 0 amide bonds. The quantitative estimate of drug-likeness (QED) is 0.545. The zero-order chi connectivity index (χ0) is 18.7. The van der Waals surface area contributed by atoms with Gasteiger partial charge in [0, 0.05) is 12.7 Å². The molecule has 2 aromatic carbocycles. The number of aldehydes is 1. The lowest BCUT2D eigenvalue weighted by molar-refractivity contribution is -0.139. The van der Waals surface area contributed by atoms with Crippen molar-refractivity contribution >= 4 is 6.29 Å². The van der Waals surface area contributed by atoms with Crippen molar-refractivity contribution in [2.75, 3.05) is 6.61 Å². The molecule has 0 aliphatic carbocycles. The standard InChI is InChI=1S/C19H16F4O3/c20-17-9-14(5-4-13(17)10-24)26-11-12-3-6-15(18-2-1-7-25-18)16(8-12)19(21,22)23/h3-6,8-10,18H,1-2,7,11H2. The molecule has 1 saturated heterocycles. The van der Waals surface area contributed by atoms with Crippen molar-refractivity contribution in [3.63, 3.8) is 0 Å². The summed E-state index contributed by atoms with van der Waals surface area (Å²) in [5, 5.41) is 0. The predicted octanol–water partition coefficient (Wildman–Crippen LogP) is 5.09. The van der Waals surface area contributed by atoms with E-state index in [1.807, 2.05) is 0 Å². The molecular weight excluding hydrogens is 352 g/mol. The Hall–Kier alpha value is -2.41. The summed E-state index contributed by atoms with van der Waals surface area (Å²) < 4.78 is 64.5. The van der Waals surface area contributed by atoms with E-state index in [0.29, 0.717) is 24.9 Å². The molecule has 1 aliphatic rings. The summed E-state index contributed by atoms with van der Waals surface area (Å²) in [5.41, 5.74) is -0.426. The molecule has 0 bridgehead atoms. The molecule has 7 heteroatoms. The maximum atomic E-state index is 13.5. The molecule has 1 aliphatic heterocycles. The zero-order valence-electron chi connectivity index (χ0n) is 13.7. The molecule has 138 valence electrons. The Labute approximate surface area is 147 Å². The third-order valence-electron chi connectivity index (χ3n) is 4.20. The van der Waals surface area contributed by atoms with Gasteiger partial charge in [0.25, 0.3) is 0 Å². The van der Waals surface area contributed by atoms with Crippen molar-refractivity contribution in [1.82, 2.24) is 0 Å². The number of halogens is 4. The highest BCUT2D eigenvalue weighted by atomic mass is 19.4. The van der Waals surface area contributed by atoms with Crippen LogP contribution in [-0.2, 0) is 17.5 Å². The first-order valence-corrected chi connectivity index (χ1v) is 8.07. The number of carbonyl (C=O) groups excluding carboxylic acids is 1. The van der Waals surface area contributed by atoms with Gasteiger partial charge in [-0.15, -0.1) is 0 Å². The largest absolute Gasteiger partial charge is 0.489 e. The van der Waals surface area contributed by atoms with Gasteiger partial charge in [-0.3, -0.25) is 4.79 Å². The van der Waals surface area contributed by atoms with E-state index in [9.17, 15) is 22.4 Å². The van der Waals surface area contributed by atoms with E-state index < -0.39 is 23.7 Å². The molecular formula is C19H16F4O3. The molecule has 0 radical (unpaired) electrons. The minimum atomic E-state index is -4.50. The molecule has 0 aromatic heterocycles. The highest BCUT2D eigenvalue weighted by Crippen LogP contribution is 2.39. The molecule has 2 aromatic rings. The van der Waals surface area contributed by atoms with E-state index in [1.54, 1.807) is 6.07 Å². The van der Waals surface area contributed by atoms with Crippen LogP contribution in [0.5, 0.6) is 5.75 Å². The average Bonchev–Trinajstić information content (AvgIpc) is 3.13. The Balaban J connectivity index is 1.80. The summed E-state index contributed by atoms with van der Waals surface area (Å²) in [6.07, 6.45) is -3.39. The minimum absolute atomic E-state index is 0.113. The van der Waals surface area contributed by atoms with Gasteiger partial charge >= 0.3 is 6.18 Å². The molecule has 0 N–H and O–H groups in total. The highest BCUT2D eigenvalue weighted by Gasteiger charge is 2.36. The molecule has 3 nitrogen and oxygen atoms in total. The number of rotatable bonds is 5. The van der Waals surface area contributed by atoms with Gasteiger partial charge in [-0.1, -0.05) is 12.1 Å². The Morgan fingerprint density at radius 1 is 1.19 bits per heavy atom. The highest BCUT2D eigenvalue weighted by molar-refractivity contribution is 5.75. The van der Waals surface area contributed by atoms with Crippen LogP contribution in [0.3, 0.4) is 0 Å². The molecule has 0 spiro atoms. The lowest BCUT2D eigenvalue weighted by atomic mass is 9.97. The maximum Gasteiger partial charge on any atom is 0.416 e. The van der Waals surface area contributed by atoms with Crippen LogP contribution >= 0.6 is 0 Å². The van der Waals surface area contributed by atoms with E-state index in [0.717, 1.165) is 18.6 Å². The van der Waals surface area contributed by atoms with Gasteiger partial charge in [0.15, 0.2) is 6.29 Å². The van der Waals surface area contributed by atoms with E-state index >= 15 is 0 Å². The molecule has 1 heterocycles. The van der Waals surface area contributed by atoms with Gasteiger partial charge in [-0.25, -0.2) is 4.39 Å². The van der Waals surface area contributed by atoms with Crippen LogP contribution in [-0.4, -0.2) is 12.9 Å². The van der Waals surface area contributed by atoms with Crippen LogP contribution < -0.4 is 4.74 Å². The Bertz CT molecular complexity index is 796. The smallest absolute Gasteiger partial charge is 0.416 e. The van der Waals surface area contributed by atoms with E-state index in [1.165, 1.54) is 18.2 Å². The first-order valence-electron chi connectivity index (χ1n) is 8.07. The van der Waals surface area contributed by atoms with Crippen LogP contribution in [0.25, 0.3) is 0 Å². The number of ether oxygens (including phenoxy) is 2. The van der Waals surface area contributed by atoms with Crippen molar-refractivity contribution in [2.24, 2.45) is 0 Å². The molecule has 0 saturated carbocycles. The first-order chi connectivity index (χ1) is 12.4. The summed E-state index contributed by atoms with van der Waals surface area (Å²) in [5.74, 6) is -0.618. The Kier molecular flexibility index (Phi) is 5.27. The van der Waals surface area contributed by atoms with Gasteiger partial charge in [0.2, 0.25) is 0 Å². The van der Waals surface area contributed by atoms with Gasteiger partial charge in [-0.05, 0) is 42.2 Å². The lowest BCUT2D eigenvalue weighted by Crippen LogP contribution is -2.13. The van der Waals surface area contributed by atoms with Gasteiger partial charge in [-0.2, -0.15) is 13.2 Å². The molecule has 1 atom stereocenters. The van der Waals surface area contributed by atoms with Crippen molar-refractivity contribution in [2.45, 2.75) is 31.7 Å². The minimum Gasteiger partial charge on any atom is -0.489 e. The van der Waals surface area contributed by atoms with E-state index in [2.05, 4.69) is 0 Å². The number of hydrogen-bond acceptors (Lipinski definition) is 3. The summed E-state index contributed by atoms with van der Waals surface area (Å²) in [6, 6.07) is 7.65. The topological polar surface area (TPSA) is 35.5 Å². The first kappa shape index (κ1) is 18.4. The van der Waals surface area contributed by atoms with Gasteiger partial charge in [0.05, 0.1) is 17.2 Å². The van der Waals surface area contributed by atoms with Crippen LogP contribution in [0.15, 0.2) is 36.4 Å².